The van der Waals surface area contributed by atoms with Gasteiger partial charge in [-0.05, 0) is 36.8 Å². The number of hydrogen-bond acceptors (Lipinski definition) is 5. The van der Waals surface area contributed by atoms with Crippen LogP contribution in [0.4, 0.5) is 5.82 Å². The van der Waals surface area contributed by atoms with Gasteiger partial charge in [0, 0.05) is 49.9 Å². The number of rotatable bonds is 5. The van der Waals surface area contributed by atoms with E-state index < -0.39 is 0 Å². The number of nitrogens with zero attached hydrogens (tertiary/aromatic N) is 4. The van der Waals surface area contributed by atoms with Gasteiger partial charge in [0.15, 0.2) is 0 Å². The second-order valence-electron chi connectivity index (χ2n) is 6.37. The summed E-state index contributed by atoms with van der Waals surface area (Å²) in [6.07, 6.45) is 8.98. The first-order chi connectivity index (χ1) is 12.2. The summed E-state index contributed by atoms with van der Waals surface area (Å²) in [6, 6.07) is 8.42. The van der Waals surface area contributed by atoms with E-state index in [1.807, 2.05) is 11.9 Å². The lowest BCUT2D eigenvalue weighted by Crippen LogP contribution is -2.41. The maximum Gasteiger partial charge on any atom is 0.225 e. The van der Waals surface area contributed by atoms with Crippen molar-refractivity contribution in [1.82, 2.24) is 14.9 Å². The minimum Gasteiger partial charge on any atom is -0.355 e. The van der Waals surface area contributed by atoms with Crippen molar-refractivity contribution in [2.75, 3.05) is 31.3 Å². The number of thioether (sulfide) groups is 1. The van der Waals surface area contributed by atoms with Gasteiger partial charge in [-0.2, -0.15) is 0 Å². The Morgan fingerprint density at radius 2 is 1.96 bits per heavy atom. The normalized spacial score (nSPS) is 15.2. The lowest BCUT2D eigenvalue weighted by molar-refractivity contribution is -0.135. The third kappa shape index (κ3) is 4.51. The summed E-state index contributed by atoms with van der Waals surface area (Å²) in [6.45, 7) is 2.37. The number of carbonyl (C=O) groups excluding carboxylic acids is 1. The second-order valence-corrected chi connectivity index (χ2v) is 7.25. The van der Waals surface area contributed by atoms with Crippen LogP contribution in [0.2, 0.25) is 0 Å². The molecule has 0 bridgehead atoms. The third-order valence-corrected chi connectivity index (χ3v) is 5.42. The van der Waals surface area contributed by atoms with Crippen LogP contribution in [-0.2, 0) is 11.3 Å². The molecule has 2 aromatic rings. The minimum atomic E-state index is 0.100. The van der Waals surface area contributed by atoms with Crippen molar-refractivity contribution in [3.05, 3.63) is 48.4 Å². The fourth-order valence-corrected chi connectivity index (χ4v) is 3.61. The maximum atomic E-state index is 12.7. The summed E-state index contributed by atoms with van der Waals surface area (Å²) in [4.78, 5) is 26.5. The van der Waals surface area contributed by atoms with Gasteiger partial charge in [-0.15, -0.1) is 11.8 Å². The molecule has 0 atom stereocenters. The van der Waals surface area contributed by atoms with E-state index in [0.717, 1.165) is 31.7 Å². The number of benzene rings is 1. The lowest BCUT2D eigenvalue weighted by Gasteiger charge is -2.33. The van der Waals surface area contributed by atoms with Gasteiger partial charge in [-0.25, -0.2) is 4.98 Å². The standard InChI is InChI=1S/C19H24N4OS/c1-22(14-15-3-5-17(25-2)6-4-15)19(24)16-7-11-23(12-8-16)18-13-20-9-10-21-18/h3-6,9-10,13,16H,7-8,11-12,14H2,1-2H3. The molecular weight excluding hydrogens is 332 g/mol. The van der Waals surface area contributed by atoms with Crippen LogP contribution in [0.1, 0.15) is 18.4 Å². The van der Waals surface area contributed by atoms with Crippen LogP contribution in [0.25, 0.3) is 0 Å². The van der Waals surface area contributed by atoms with Crippen LogP contribution >= 0.6 is 11.8 Å². The average Bonchev–Trinajstić information content (AvgIpc) is 2.69. The molecule has 0 spiro atoms. The number of carbonyl (C=O) groups is 1. The molecule has 1 aliphatic rings. The van der Waals surface area contributed by atoms with Crippen LogP contribution in [0.15, 0.2) is 47.8 Å². The minimum absolute atomic E-state index is 0.100. The molecule has 3 rings (SSSR count). The van der Waals surface area contributed by atoms with Crippen LogP contribution in [-0.4, -0.2) is 47.2 Å². The van der Waals surface area contributed by atoms with Crippen molar-refractivity contribution in [1.29, 1.82) is 0 Å². The van der Waals surface area contributed by atoms with Crippen molar-refractivity contribution in [2.45, 2.75) is 24.3 Å². The van der Waals surface area contributed by atoms with E-state index in [9.17, 15) is 4.79 Å². The van der Waals surface area contributed by atoms with Gasteiger partial charge in [0.25, 0.3) is 0 Å². The molecule has 0 aliphatic carbocycles. The number of piperidine rings is 1. The highest BCUT2D eigenvalue weighted by Gasteiger charge is 2.27. The Morgan fingerprint density at radius 3 is 2.56 bits per heavy atom. The highest BCUT2D eigenvalue weighted by molar-refractivity contribution is 7.98. The Labute approximate surface area is 153 Å². The first-order valence-electron chi connectivity index (χ1n) is 8.56. The molecule has 1 fully saturated rings. The van der Waals surface area contributed by atoms with Crippen molar-refractivity contribution in [3.63, 3.8) is 0 Å². The van der Waals surface area contributed by atoms with E-state index in [1.165, 1.54) is 10.5 Å². The van der Waals surface area contributed by atoms with Gasteiger partial charge in [0.1, 0.15) is 5.82 Å². The van der Waals surface area contributed by atoms with Crippen LogP contribution in [0, 0.1) is 5.92 Å². The molecule has 1 aliphatic heterocycles. The van der Waals surface area contributed by atoms with E-state index in [4.69, 9.17) is 0 Å². The number of anilines is 1. The van der Waals surface area contributed by atoms with Crippen molar-refractivity contribution >= 4 is 23.5 Å². The first kappa shape index (κ1) is 17.7. The quantitative estimate of drug-likeness (QED) is 0.771. The first-order valence-corrected chi connectivity index (χ1v) is 9.78. The van der Waals surface area contributed by atoms with Gasteiger partial charge in [-0.1, -0.05) is 12.1 Å². The Kier molecular flexibility index (Phi) is 5.91. The molecule has 25 heavy (non-hydrogen) atoms. The predicted octanol–water partition coefficient (Wildman–Crippen LogP) is 3.07. The summed E-state index contributed by atoms with van der Waals surface area (Å²) < 4.78 is 0. The van der Waals surface area contributed by atoms with E-state index in [2.05, 4.69) is 45.4 Å². The van der Waals surface area contributed by atoms with E-state index in [1.54, 1.807) is 30.4 Å². The topological polar surface area (TPSA) is 49.3 Å². The zero-order valence-corrected chi connectivity index (χ0v) is 15.6. The zero-order chi connectivity index (χ0) is 17.6. The van der Waals surface area contributed by atoms with Crippen molar-refractivity contribution < 1.29 is 4.79 Å². The molecule has 1 aromatic heterocycles. The molecular formula is C19H24N4OS. The summed E-state index contributed by atoms with van der Waals surface area (Å²) in [5.41, 5.74) is 1.17. The molecule has 0 saturated carbocycles. The Hall–Kier alpha value is -2.08. The highest BCUT2D eigenvalue weighted by Crippen LogP contribution is 2.23. The summed E-state index contributed by atoms with van der Waals surface area (Å²) in [7, 11) is 1.90. The summed E-state index contributed by atoms with van der Waals surface area (Å²) in [5.74, 6) is 1.24. The van der Waals surface area contributed by atoms with Gasteiger partial charge < -0.3 is 9.80 Å². The number of amides is 1. The fourth-order valence-electron chi connectivity index (χ4n) is 3.20. The lowest BCUT2D eigenvalue weighted by atomic mass is 9.95. The fraction of sp³-hybridized carbons (Fsp3) is 0.421. The monoisotopic (exact) mass is 356 g/mol. The average molecular weight is 356 g/mol. The summed E-state index contributed by atoms with van der Waals surface area (Å²) >= 11 is 1.73. The van der Waals surface area contributed by atoms with Gasteiger partial charge in [0.05, 0.1) is 6.20 Å². The Balaban J connectivity index is 1.52. The molecule has 1 amide bonds. The van der Waals surface area contributed by atoms with E-state index in [-0.39, 0.29) is 11.8 Å². The maximum absolute atomic E-state index is 12.7. The van der Waals surface area contributed by atoms with E-state index >= 15 is 0 Å². The molecule has 1 saturated heterocycles. The van der Waals surface area contributed by atoms with Crippen LogP contribution in [0.3, 0.4) is 0 Å². The van der Waals surface area contributed by atoms with Crippen LogP contribution in [0.5, 0.6) is 0 Å². The number of hydrogen-bond donors (Lipinski definition) is 0. The molecule has 5 nitrogen and oxygen atoms in total. The molecule has 0 radical (unpaired) electrons. The summed E-state index contributed by atoms with van der Waals surface area (Å²) in [5, 5.41) is 0. The van der Waals surface area contributed by atoms with Crippen molar-refractivity contribution in [2.24, 2.45) is 5.92 Å². The van der Waals surface area contributed by atoms with E-state index in [0.29, 0.717) is 6.54 Å². The molecule has 0 N–H and O–H groups in total. The Bertz CT molecular complexity index is 684. The second kappa shape index (κ2) is 8.34. The predicted molar refractivity (Wildman–Crippen MR) is 102 cm³/mol. The zero-order valence-electron chi connectivity index (χ0n) is 14.8. The van der Waals surface area contributed by atoms with Crippen LogP contribution < -0.4 is 4.90 Å². The SMILES string of the molecule is CSc1ccc(CN(C)C(=O)C2CCN(c3cnccn3)CC2)cc1. The molecule has 6 heteroatoms. The Morgan fingerprint density at radius 1 is 1.24 bits per heavy atom. The van der Waals surface area contributed by atoms with Crippen molar-refractivity contribution in [3.8, 4) is 0 Å². The van der Waals surface area contributed by atoms with Gasteiger partial charge in [0.2, 0.25) is 5.91 Å². The van der Waals surface area contributed by atoms with Gasteiger partial charge >= 0.3 is 0 Å². The molecule has 2 heterocycles. The molecule has 0 unspecified atom stereocenters. The smallest absolute Gasteiger partial charge is 0.225 e. The largest absolute Gasteiger partial charge is 0.355 e. The third-order valence-electron chi connectivity index (χ3n) is 4.67. The highest BCUT2D eigenvalue weighted by atomic mass is 32.2. The number of aromatic nitrogens is 2. The van der Waals surface area contributed by atoms with Gasteiger partial charge in [-0.3, -0.25) is 9.78 Å². The molecule has 1 aromatic carbocycles. The molecule has 132 valence electrons.